The topological polar surface area (TPSA) is 120 Å². The van der Waals surface area contributed by atoms with E-state index in [1.807, 2.05) is 13.8 Å². The van der Waals surface area contributed by atoms with Crippen molar-refractivity contribution in [2.24, 2.45) is 11.5 Å². The van der Waals surface area contributed by atoms with Crippen LogP contribution in [0.15, 0.2) is 34.1 Å². The molecule has 1 aliphatic carbocycles. The van der Waals surface area contributed by atoms with E-state index in [2.05, 4.69) is 0 Å². The highest BCUT2D eigenvalue weighted by molar-refractivity contribution is 7.98. The number of hydrogen-bond acceptors (Lipinski definition) is 6. The lowest BCUT2D eigenvalue weighted by Crippen LogP contribution is -2.46. The van der Waals surface area contributed by atoms with Crippen molar-refractivity contribution in [3.8, 4) is 0 Å². The Morgan fingerprint density at radius 1 is 0.700 bits per heavy atom. The lowest BCUT2D eigenvalue weighted by Gasteiger charge is -2.20. The van der Waals surface area contributed by atoms with Crippen molar-refractivity contribution >= 4 is 19.7 Å². The maximum absolute atomic E-state index is 13.7. The zero-order chi connectivity index (χ0) is 23.0. The smallest absolute Gasteiger partial charge is 0.200 e. The van der Waals surface area contributed by atoms with E-state index in [0.29, 0.717) is 22.3 Å². The van der Waals surface area contributed by atoms with Gasteiger partial charge in [-0.2, -0.15) is 0 Å². The van der Waals surface area contributed by atoms with E-state index >= 15 is 0 Å². The first-order valence-corrected chi connectivity index (χ1v) is 12.8. The fourth-order valence-electron chi connectivity index (χ4n) is 5.07. The molecule has 3 rings (SSSR count). The van der Waals surface area contributed by atoms with E-state index in [1.54, 1.807) is 52.0 Å². The molecule has 0 radical (unpaired) electrons. The van der Waals surface area contributed by atoms with Crippen LogP contribution in [0.25, 0.3) is 0 Å². The van der Waals surface area contributed by atoms with Crippen LogP contribution in [0.3, 0.4) is 0 Å². The maximum Gasteiger partial charge on any atom is 0.200 e. The van der Waals surface area contributed by atoms with Gasteiger partial charge < -0.3 is 11.5 Å². The molecule has 0 aromatic heterocycles. The first kappa shape index (κ1) is 22.9. The van der Waals surface area contributed by atoms with Gasteiger partial charge in [-0.05, 0) is 70.7 Å². The minimum Gasteiger partial charge on any atom is -0.322 e. The fourth-order valence-corrected chi connectivity index (χ4v) is 11.1. The Labute approximate surface area is 179 Å². The van der Waals surface area contributed by atoms with Gasteiger partial charge in [-0.25, -0.2) is 16.8 Å². The molecule has 0 heterocycles. The quantitative estimate of drug-likeness (QED) is 0.738. The van der Waals surface area contributed by atoms with Gasteiger partial charge in [-0.1, -0.05) is 35.4 Å². The molecule has 0 spiro atoms. The van der Waals surface area contributed by atoms with Crippen LogP contribution in [0.2, 0.25) is 0 Å². The SMILES string of the molecule is Cc1cc(C)c(S(=O)(=O)C2[C@](N)(S(=O)(=O)c3c(C)cc(C)cc3C)[C@]2(C)N)c(C)c1. The molecule has 4 N–H and O–H groups in total. The average molecular weight is 451 g/mol. The van der Waals surface area contributed by atoms with Crippen LogP contribution in [-0.4, -0.2) is 32.5 Å². The van der Waals surface area contributed by atoms with Crippen LogP contribution in [0, 0.1) is 41.5 Å². The highest BCUT2D eigenvalue weighted by Crippen LogP contribution is 2.56. The Bertz CT molecular complexity index is 1230. The molecule has 0 saturated heterocycles. The normalized spacial score (nSPS) is 26.6. The van der Waals surface area contributed by atoms with Gasteiger partial charge in [0.25, 0.3) is 0 Å². The molecule has 30 heavy (non-hydrogen) atoms. The second-order valence-electron chi connectivity index (χ2n) is 8.96. The molecule has 0 amide bonds. The number of sulfone groups is 2. The van der Waals surface area contributed by atoms with Crippen LogP contribution < -0.4 is 11.5 Å². The minimum atomic E-state index is -4.25. The van der Waals surface area contributed by atoms with Crippen LogP contribution in [-0.2, 0) is 19.7 Å². The standard InChI is InChI=1S/C22H30N2O4S2/c1-12-8-14(3)18(15(4)9-12)29(25,26)20-21(7,23)22(20,24)30(27,28)19-16(5)10-13(2)11-17(19)6/h8-11,20H,23-24H2,1-7H3/t20?,21-,22+/m1/s1. The molecule has 3 atom stereocenters. The zero-order valence-corrected chi connectivity index (χ0v) is 20.1. The van der Waals surface area contributed by atoms with Gasteiger partial charge in [-0.3, -0.25) is 0 Å². The summed E-state index contributed by atoms with van der Waals surface area (Å²) in [6.45, 7) is 11.9. The second-order valence-corrected chi connectivity index (χ2v) is 13.0. The third kappa shape index (κ3) is 2.88. The second kappa shape index (κ2) is 6.63. The average Bonchev–Trinajstić information content (AvgIpc) is 3.00. The number of aryl methyl sites for hydroxylation is 6. The van der Waals surface area contributed by atoms with Gasteiger partial charge in [0.2, 0.25) is 9.84 Å². The summed E-state index contributed by atoms with van der Waals surface area (Å²) < 4.78 is 54.8. The summed E-state index contributed by atoms with van der Waals surface area (Å²) in [5, 5.41) is -1.46. The Kier molecular flexibility index (Phi) is 5.07. The van der Waals surface area contributed by atoms with Crippen molar-refractivity contribution < 1.29 is 16.8 Å². The van der Waals surface area contributed by atoms with Crippen molar-refractivity contribution in [1.29, 1.82) is 0 Å². The van der Waals surface area contributed by atoms with E-state index < -0.39 is 35.3 Å². The predicted octanol–water partition coefficient (Wildman–Crippen LogP) is 2.54. The largest absolute Gasteiger partial charge is 0.322 e. The molecule has 0 aliphatic heterocycles. The Morgan fingerprint density at radius 3 is 1.40 bits per heavy atom. The molecule has 2 aromatic rings. The van der Waals surface area contributed by atoms with Gasteiger partial charge in [0, 0.05) is 0 Å². The van der Waals surface area contributed by atoms with Crippen LogP contribution in [0.4, 0.5) is 0 Å². The highest BCUT2D eigenvalue weighted by atomic mass is 32.2. The molecule has 164 valence electrons. The lowest BCUT2D eigenvalue weighted by molar-refractivity contribution is 0.560. The van der Waals surface area contributed by atoms with Crippen molar-refractivity contribution in [2.75, 3.05) is 0 Å². The summed E-state index contributed by atoms with van der Waals surface area (Å²) in [5.74, 6) is 0. The zero-order valence-electron chi connectivity index (χ0n) is 18.5. The molecule has 2 aromatic carbocycles. The predicted molar refractivity (Wildman–Crippen MR) is 119 cm³/mol. The van der Waals surface area contributed by atoms with E-state index in [0.717, 1.165) is 11.1 Å². The van der Waals surface area contributed by atoms with Crippen LogP contribution in [0.5, 0.6) is 0 Å². The molecular weight excluding hydrogens is 420 g/mol. The molecule has 0 bridgehead atoms. The third-order valence-electron chi connectivity index (χ3n) is 6.21. The number of hydrogen-bond donors (Lipinski definition) is 2. The maximum atomic E-state index is 13.7. The van der Waals surface area contributed by atoms with E-state index in [4.69, 9.17) is 11.5 Å². The molecule has 1 saturated carbocycles. The molecule has 8 heteroatoms. The van der Waals surface area contributed by atoms with Gasteiger partial charge >= 0.3 is 0 Å². The monoisotopic (exact) mass is 450 g/mol. The van der Waals surface area contributed by atoms with Gasteiger partial charge in [0.05, 0.1) is 15.3 Å². The van der Waals surface area contributed by atoms with Gasteiger partial charge in [0.1, 0.15) is 5.25 Å². The summed E-state index contributed by atoms with van der Waals surface area (Å²) >= 11 is 0. The fraction of sp³-hybridized carbons (Fsp3) is 0.455. The number of rotatable bonds is 4. The van der Waals surface area contributed by atoms with E-state index in [9.17, 15) is 16.8 Å². The molecule has 1 aliphatic rings. The molecule has 1 fully saturated rings. The van der Waals surface area contributed by atoms with Crippen molar-refractivity contribution in [2.45, 2.75) is 73.9 Å². The van der Waals surface area contributed by atoms with Crippen LogP contribution in [0.1, 0.15) is 40.3 Å². The van der Waals surface area contributed by atoms with Gasteiger partial charge in [0.15, 0.2) is 14.7 Å². The Morgan fingerprint density at radius 2 is 1.03 bits per heavy atom. The molecular formula is C22H30N2O4S2. The highest BCUT2D eigenvalue weighted by Gasteiger charge is 2.83. The van der Waals surface area contributed by atoms with Crippen molar-refractivity contribution in [3.05, 3.63) is 57.6 Å². The minimum absolute atomic E-state index is 0.0577. The number of benzene rings is 2. The molecule has 1 unspecified atom stereocenters. The van der Waals surface area contributed by atoms with E-state index in [-0.39, 0.29) is 9.79 Å². The first-order chi connectivity index (χ1) is 13.5. The summed E-state index contributed by atoms with van der Waals surface area (Å²) in [6.07, 6.45) is 0. The Hall–Kier alpha value is -1.74. The van der Waals surface area contributed by atoms with Crippen LogP contribution >= 0.6 is 0 Å². The molecule has 6 nitrogen and oxygen atoms in total. The third-order valence-corrected chi connectivity index (χ3v) is 11.8. The summed E-state index contributed by atoms with van der Waals surface area (Å²) in [6, 6.07) is 7.02. The Balaban J connectivity index is 2.24. The summed E-state index contributed by atoms with van der Waals surface area (Å²) in [5.41, 5.74) is 15.1. The van der Waals surface area contributed by atoms with Gasteiger partial charge in [-0.15, -0.1) is 0 Å². The lowest BCUT2D eigenvalue weighted by atomic mass is 10.1. The van der Waals surface area contributed by atoms with E-state index in [1.165, 1.54) is 6.92 Å². The number of nitrogens with two attached hydrogens (primary N) is 2. The summed E-state index contributed by atoms with van der Waals surface area (Å²) in [7, 11) is -8.36. The van der Waals surface area contributed by atoms with Crippen molar-refractivity contribution in [3.63, 3.8) is 0 Å². The first-order valence-electron chi connectivity index (χ1n) is 9.73. The summed E-state index contributed by atoms with van der Waals surface area (Å²) in [4.78, 5) is -1.97. The van der Waals surface area contributed by atoms with Crippen molar-refractivity contribution in [1.82, 2.24) is 0 Å².